The summed E-state index contributed by atoms with van der Waals surface area (Å²) in [6.07, 6.45) is -2.52. The van der Waals surface area contributed by atoms with Gasteiger partial charge in [0.1, 0.15) is 12.3 Å². The molecule has 4 nitrogen and oxygen atoms in total. The summed E-state index contributed by atoms with van der Waals surface area (Å²) in [5, 5.41) is 0. The highest BCUT2D eigenvalue weighted by Crippen LogP contribution is 2.66. The van der Waals surface area contributed by atoms with Crippen molar-refractivity contribution in [2.75, 3.05) is 0 Å². The Kier molecular flexibility index (Phi) is 3.06. The van der Waals surface area contributed by atoms with E-state index in [-0.39, 0.29) is 34.6 Å². The minimum Gasteiger partial charge on any atom is -0.455 e. The minimum absolute atomic E-state index is 0.00163. The first-order chi connectivity index (χ1) is 11.5. The summed E-state index contributed by atoms with van der Waals surface area (Å²) in [7, 11) is 1.82. The van der Waals surface area contributed by atoms with Gasteiger partial charge in [-0.05, 0) is 36.3 Å². The van der Waals surface area contributed by atoms with Crippen molar-refractivity contribution in [2.24, 2.45) is 12.5 Å². The van der Waals surface area contributed by atoms with E-state index in [4.69, 9.17) is 4.42 Å². The van der Waals surface area contributed by atoms with E-state index < -0.39 is 11.9 Å². The van der Waals surface area contributed by atoms with Crippen LogP contribution in [0.25, 0.3) is 0 Å². The predicted molar refractivity (Wildman–Crippen MR) is 85.6 cm³/mol. The van der Waals surface area contributed by atoms with Gasteiger partial charge >= 0.3 is 6.18 Å². The highest BCUT2D eigenvalue weighted by Gasteiger charge is 2.62. The van der Waals surface area contributed by atoms with E-state index in [1.54, 1.807) is 0 Å². The van der Waals surface area contributed by atoms with Crippen LogP contribution in [-0.2, 0) is 25.2 Å². The van der Waals surface area contributed by atoms with Gasteiger partial charge in [-0.15, -0.1) is 0 Å². The van der Waals surface area contributed by atoms with Crippen LogP contribution < -0.4 is 5.56 Å². The molecule has 25 heavy (non-hydrogen) atoms. The fourth-order valence-electron chi connectivity index (χ4n) is 5.01. The third-order valence-corrected chi connectivity index (χ3v) is 6.75. The zero-order valence-corrected chi connectivity index (χ0v) is 14.7. The molecule has 0 aromatic carbocycles. The zero-order valence-electron chi connectivity index (χ0n) is 14.7. The normalized spacial score (nSPS) is 27.1. The molecule has 2 aromatic heterocycles. The Bertz CT molecular complexity index is 916. The first kappa shape index (κ1) is 16.5. The number of hydrogen-bond donors (Lipinski definition) is 0. The molecule has 0 saturated heterocycles. The quantitative estimate of drug-likeness (QED) is 0.817. The lowest BCUT2D eigenvalue weighted by Gasteiger charge is -2.36. The average molecular weight is 354 g/mol. The Balaban J connectivity index is 1.77. The maximum absolute atomic E-state index is 13.0. The summed E-state index contributed by atoms with van der Waals surface area (Å²) in [6.45, 7) is 6.60. The van der Waals surface area contributed by atoms with Gasteiger partial charge in [0.15, 0.2) is 0 Å². The van der Waals surface area contributed by atoms with Crippen molar-refractivity contribution in [3.63, 3.8) is 0 Å². The highest BCUT2D eigenvalue weighted by molar-refractivity contribution is 5.45. The Labute approximate surface area is 143 Å². The molecule has 1 fully saturated rings. The van der Waals surface area contributed by atoms with E-state index >= 15 is 0 Å². The number of furan rings is 1. The molecule has 136 valence electrons. The molecule has 2 heterocycles. The van der Waals surface area contributed by atoms with E-state index in [1.165, 1.54) is 10.7 Å². The predicted octanol–water partition coefficient (Wildman–Crippen LogP) is 4.02. The van der Waals surface area contributed by atoms with E-state index in [1.807, 2.05) is 11.7 Å². The molecular formula is C18H21F3N2O2. The second-order valence-electron chi connectivity index (χ2n) is 8.06. The first-order valence-corrected chi connectivity index (χ1v) is 8.44. The molecule has 0 N–H and O–H groups in total. The van der Waals surface area contributed by atoms with Crippen molar-refractivity contribution in [1.29, 1.82) is 0 Å². The molecule has 2 aromatic rings. The van der Waals surface area contributed by atoms with Gasteiger partial charge in [0, 0.05) is 18.0 Å². The molecular weight excluding hydrogens is 333 g/mol. The SMILES string of the molecule is Cn1c2c(c(=O)n1Cc1ccc(C(F)(F)F)o1)C1CC[C@]2(C)C1(C)C. The molecule has 0 radical (unpaired) electrons. The molecule has 0 aliphatic heterocycles. The second-order valence-corrected chi connectivity index (χ2v) is 8.06. The third-order valence-electron chi connectivity index (χ3n) is 6.75. The average Bonchev–Trinajstić information content (AvgIpc) is 3.16. The summed E-state index contributed by atoms with van der Waals surface area (Å²) in [5.74, 6) is -0.703. The van der Waals surface area contributed by atoms with Gasteiger partial charge in [-0.25, -0.2) is 4.68 Å². The minimum atomic E-state index is -4.52. The molecule has 1 unspecified atom stereocenters. The molecule has 0 spiro atoms. The van der Waals surface area contributed by atoms with Gasteiger partial charge in [-0.3, -0.25) is 9.48 Å². The summed E-state index contributed by atoms with van der Waals surface area (Å²) in [5.41, 5.74) is 1.68. The van der Waals surface area contributed by atoms with Crippen molar-refractivity contribution in [2.45, 2.75) is 57.7 Å². The van der Waals surface area contributed by atoms with Crippen LogP contribution in [0.3, 0.4) is 0 Å². The third kappa shape index (κ3) is 1.92. The van der Waals surface area contributed by atoms with Gasteiger partial charge in [-0.1, -0.05) is 20.8 Å². The number of rotatable bonds is 2. The number of hydrogen-bond acceptors (Lipinski definition) is 2. The van der Waals surface area contributed by atoms with Gasteiger partial charge in [-0.2, -0.15) is 13.2 Å². The molecule has 2 bridgehead atoms. The van der Waals surface area contributed by atoms with Crippen molar-refractivity contribution in [3.05, 3.63) is 45.3 Å². The lowest BCUT2D eigenvalue weighted by atomic mass is 9.70. The Morgan fingerprint density at radius 1 is 1.28 bits per heavy atom. The van der Waals surface area contributed by atoms with Crippen LogP contribution in [-0.4, -0.2) is 9.36 Å². The van der Waals surface area contributed by atoms with E-state index in [2.05, 4.69) is 20.8 Å². The summed E-state index contributed by atoms with van der Waals surface area (Å²) in [4.78, 5) is 13.0. The second kappa shape index (κ2) is 4.62. The number of halogens is 3. The Hall–Kier alpha value is -1.92. The van der Waals surface area contributed by atoms with Crippen LogP contribution >= 0.6 is 0 Å². The number of nitrogens with zero attached hydrogens (tertiary/aromatic N) is 2. The molecule has 1 saturated carbocycles. The molecule has 4 rings (SSSR count). The summed E-state index contributed by atoms with van der Waals surface area (Å²) in [6, 6.07) is 2.19. The largest absolute Gasteiger partial charge is 0.455 e. The van der Waals surface area contributed by atoms with Crippen LogP contribution in [0.4, 0.5) is 13.2 Å². The summed E-state index contributed by atoms with van der Waals surface area (Å²) < 4.78 is 46.4. The van der Waals surface area contributed by atoms with Gasteiger partial charge in [0.2, 0.25) is 5.76 Å². The fraction of sp³-hybridized carbons (Fsp3) is 0.611. The Morgan fingerprint density at radius 3 is 2.52 bits per heavy atom. The van der Waals surface area contributed by atoms with Crippen LogP contribution in [0, 0.1) is 5.41 Å². The van der Waals surface area contributed by atoms with Crippen LogP contribution in [0.5, 0.6) is 0 Å². The van der Waals surface area contributed by atoms with Gasteiger partial charge in [0.25, 0.3) is 5.56 Å². The van der Waals surface area contributed by atoms with Crippen molar-refractivity contribution >= 4 is 0 Å². The maximum Gasteiger partial charge on any atom is 0.449 e. The maximum atomic E-state index is 13.0. The van der Waals surface area contributed by atoms with Crippen molar-refractivity contribution < 1.29 is 17.6 Å². The van der Waals surface area contributed by atoms with E-state index in [0.29, 0.717) is 0 Å². The number of aromatic nitrogens is 2. The van der Waals surface area contributed by atoms with Crippen LogP contribution in [0.1, 0.15) is 62.3 Å². The van der Waals surface area contributed by atoms with Gasteiger partial charge < -0.3 is 4.42 Å². The monoisotopic (exact) mass is 354 g/mol. The number of alkyl halides is 3. The molecule has 2 atom stereocenters. The summed E-state index contributed by atoms with van der Waals surface area (Å²) >= 11 is 0. The molecule has 2 aliphatic rings. The van der Waals surface area contributed by atoms with Crippen LogP contribution in [0.2, 0.25) is 0 Å². The fourth-order valence-corrected chi connectivity index (χ4v) is 5.01. The van der Waals surface area contributed by atoms with E-state index in [9.17, 15) is 18.0 Å². The van der Waals surface area contributed by atoms with Crippen LogP contribution in [0.15, 0.2) is 21.3 Å². The first-order valence-electron chi connectivity index (χ1n) is 8.44. The van der Waals surface area contributed by atoms with Gasteiger partial charge in [0.05, 0.1) is 5.69 Å². The standard InChI is InChI=1S/C18H21F3N2O2/c1-16(2)11-7-8-17(16,3)14-13(11)15(24)23(22(14)4)9-10-5-6-12(25-10)18(19,20)21/h5-6,11H,7-9H2,1-4H3/t11?,17-/m0/s1. The highest BCUT2D eigenvalue weighted by atomic mass is 19.4. The van der Waals surface area contributed by atoms with Crippen molar-refractivity contribution in [1.82, 2.24) is 9.36 Å². The molecule has 0 amide bonds. The van der Waals surface area contributed by atoms with Crippen molar-refractivity contribution in [3.8, 4) is 0 Å². The lowest BCUT2D eigenvalue weighted by molar-refractivity contribution is -0.153. The number of fused-ring (bicyclic) bond motifs is 5. The molecule has 7 heteroatoms. The smallest absolute Gasteiger partial charge is 0.449 e. The molecule has 2 aliphatic carbocycles. The lowest BCUT2D eigenvalue weighted by Crippen LogP contribution is -2.35. The zero-order chi connectivity index (χ0) is 18.4. The Morgan fingerprint density at radius 2 is 1.96 bits per heavy atom. The van der Waals surface area contributed by atoms with E-state index in [0.717, 1.165) is 30.2 Å². The topological polar surface area (TPSA) is 40.1 Å².